The second kappa shape index (κ2) is 3.84. The van der Waals surface area contributed by atoms with E-state index in [2.05, 4.69) is 10.3 Å². The molecule has 0 bridgehead atoms. The summed E-state index contributed by atoms with van der Waals surface area (Å²) in [6.07, 6.45) is 4.38. The average molecular weight is 210 g/mol. The normalized spacial score (nSPS) is 14.8. The number of nitrogens with zero attached hydrogens (tertiary/aromatic N) is 1. The number of ether oxygens (including phenoxy) is 1. The summed E-state index contributed by atoms with van der Waals surface area (Å²) in [6.45, 7) is 0. The molecule has 1 aliphatic rings. The van der Waals surface area contributed by atoms with Crippen molar-refractivity contribution in [3.05, 3.63) is 23.8 Å². The van der Waals surface area contributed by atoms with E-state index in [1.807, 2.05) is 0 Å². The monoisotopic (exact) mass is 210 g/mol. The van der Waals surface area contributed by atoms with Gasteiger partial charge in [-0.2, -0.15) is 0 Å². The first-order valence-electron chi connectivity index (χ1n) is 4.74. The van der Waals surface area contributed by atoms with Gasteiger partial charge in [-0.1, -0.05) is 0 Å². The first-order valence-corrected chi connectivity index (χ1v) is 4.74. The highest BCUT2D eigenvalue weighted by Crippen LogP contribution is 2.29. The van der Waals surface area contributed by atoms with Crippen LogP contribution in [0.5, 0.6) is 5.75 Å². The molecule has 0 aromatic carbocycles. The number of hydrogen-bond donors (Lipinski definition) is 1. The van der Waals surface area contributed by atoms with Crippen LogP contribution in [0.4, 0.5) is 4.39 Å². The van der Waals surface area contributed by atoms with Crippen molar-refractivity contribution >= 4 is 5.91 Å². The lowest BCUT2D eigenvalue weighted by Crippen LogP contribution is -2.21. The first kappa shape index (κ1) is 9.89. The third-order valence-corrected chi connectivity index (χ3v) is 2.14. The molecule has 2 rings (SSSR count). The van der Waals surface area contributed by atoms with Gasteiger partial charge in [0.2, 0.25) is 0 Å². The minimum Gasteiger partial charge on any atom is -0.488 e. The second-order valence-corrected chi connectivity index (χ2v) is 3.39. The van der Waals surface area contributed by atoms with Crippen molar-refractivity contribution in [3.8, 4) is 5.75 Å². The molecule has 1 heterocycles. The van der Waals surface area contributed by atoms with E-state index in [1.165, 1.54) is 13.2 Å². The van der Waals surface area contributed by atoms with Crippen molar-refractivity contribution in [2.75, 3.05) is 7.05 Å². The number of rotatable bonds is 3. The third kappa shape index (κ3) is 2.06. The Hall–Kier alpha value is -1.65. The molecule has 1 fully saturated rings. The van der Waals surface area contributed by atoms with Gasteiger partial charge in [-0.25, -0.2) is 4.39 Å². The number of aromatic nitrogens is 1. The van der Waals surface area contributed by atoms with E-state index in [1.54, 1.807) is 0 Å². The lowest BCUT2D eigenvalue weighted by Gasteiger charge is -2.09. The molecule has 5 heteroatoms. The first-order chi connectivity index (χ1) is 7.22. The smallest absolute Gasteiger partial charge is 0.257 e. The topological polar surface area (TPSA) is 51.2 Å². The number of carbonyl (C=O) groups is 1. The van der Waals surface area contributed by atoms with Gasteiger partial charge in [0.15, 0.2) is 11.6 Å². The van der Waals surface area contributed by atoms with E-state index in [9.17, 15) is 9.18 Å². The molecule has 1 amide bonds. The summed E-state index contributed by atoms with van der Waals surface area (Å²) in [4.78, 5) is 15.1. The lowest BCUT2D eigenvalue weighted by molar-refractivity contribution is 0.0954. The predicted octanol–water partition coefficient (Wildman–Crippen LogP) is 1.12. The van der Waals surface area contributed by atoms with Crippen molar-refractivity contribution in [2.45, 2.75) is 18.9 Å². The van der Waals surface area contributed by atoms with E-state index in [-0.39, 0.29) is 17.4 Å². The summed E-state index contributed by atoms with van der Waals surface area (Å²) >= 11 is 0. The Bertz CT molecular complexity index is 391. The van der Waals surface area contributed by atoms with Crippen LogP contribution < -0.4 is 10.1 Å². The van der Waals surface area contributed by atoms with Crippen molar-refractivity contribution in [2.24, 2.45) is 0 Å². The Labute approximate surface area is 86.5 Å². The molecule has 0 unspecified atom stereocenters. The third-order valence-electron chi connectivity index (χ3n) is 2.14. The second-order valence-electron chi connectivity index (χ2n) is 3.39. The Morgan fingerprint density at radius 2 is 2.33 bits per heavy atom. The molecule has 0 aliphatic heterocycles. The maximum absolute atomic E-state index is 13.4. The molecule has 4 nitrogen and oxygen atoms in total. The summed E-state index contributed by atoms with van der Waals surface area (Å²) < 4.78 is 18.8. The maximum atomic E-state index is 13.4. The molecule has 80 valence electrons. The Kier molecular flexibility index (Phi) is 2.53. The van der Waals surface area contributed by atoms with Gasteiger partial charge in [0.05, 0.1) is 18.5 Å². The molecule has 0 saturated heterocycles. The minimum absolute atomic E-state index is 0.0700. The van der Waals surface area contributed by atoms with Crippen LogP contribution in [0.25, 0.3) is 0 Å². The van der Waals surface area contributed by atoms with E-state index in [0.717, 1.165) is 19.0 Å². The Balaban J connectivity index is 2.33. The summed E-state index contributed by atoms with van der Waals surface area (Å²) in [5, 5.41) is 2.37. The number of carbonyl (C=O) groups excluding carboxylic acids is 1. The van der Waals surface area contributed by atoms with E-state index in [4.69, 9.17) is 4.74 Å². The molecule has 0 atom stereocenters. The number of hydrogen-bond acceptors (Lipinski definition) is 3. The minimum atomic E-state index is -0.660. The van der Waals surface area contributed by atoms with Gasteiger partial charge in [0, 0.05) is 7.05 Å². The van der Waals surface area contributed by atoms with Gasteiger partial charge in [0.1, 0.15) is 5.56 Å². The molecule has 15 heavy (non-hydrogen) atoms. The fraction of sp³-hybridized carbons (Fsp3) is 0.400. The predicted molar refractivity (Wildman–Crippen MR) is 51.2 cm³/mol. The molecule has 0 spiro atoms. The SMILES string of the molecule is CNC(=O)c1c(F)cncc1OC1CC1. The van der Waals surface area contributed by atoms with Crippen molar-refractivity contribution < 1.29 is 13.9 Å². The van der Waals surface area contributed by atoms with Crippen LogP contribution in [-0.4, -0.2) is 24.0 Å². The molecule has 0 radical (unpaired) electrons. The lowest BCUT2D eigenvalue weighted by atomic mass is 10.2. The molecular weight excluding hydrogens is 199 g/mol. The zero-order valence-electron chi connectivity index (χ0n) is 8.29. The zero-order chi connectivity index (χ0) is 10.8. The molecule has 1 aliphatic carbocycles. The van der Waals surface area contributed by atoms with Crippen LogP contribution in [0.2, 0.25) is 0 Å². The molecule has 1 aromatic heterocycles. The van der Waals surface area contributed by atoms with Gasteiger partial charge in [-0.3, -0.25) is 9.78 Å². The standard InChI is InChI=1S/C10H11FN2O2/c1-12-10(14)9-7(11)4-13-5-8(9)15-6-2-3-6/h4-6H,2-3H2,1H3,(H,12,14). The largest absolute Gasteiger partial charge is 0.488 e. The number of nitrogens with one attached hydrogen (secondary N) is 1. The fourth-order valence-electron chi connectivity index (χ4n) is 1.22. The van der Waals surface area contributed by atoms with Crippen LogP contribution in [0.3, 0.4) is 0 Å². The van der Waals surface area contributed by atoms with Gasteiger partial charge in [-0.05, 0) is 12.8 Å². The molecular formula is C10H11FN2O2. The van der Waals surface area contributed by atoms with E-state index >= 15 is 0 Å². The highest BCUT2D eigenvalue weighted by Gasteiger charge is 2.27. The van der Waals surface area contributed by atoms with Crippen LogP contribution >= 0.6 is 0 Å². The quantitative estimate of drug-likeness (QED) is 0.813. The van der Waals surface area contributed by atoms with Crippen LogP contribution in [-0.2, 0) is 0 Å². The fourth-order valence-corrected chi connectivity index (χ4v) is 1.22. The average Bonchev–Trinajstić information content (AvgIpc) is 3.01. The van der Waals surface area contributed by atoms with Gasteiger partial charge >= 0.3 is 0 Å². The van der Waals surface area contributed by atoms with Crippen molar-refractivity contribution in [3.63, 3.8) is 0 Å². The van der Waals surface area contributed by atoms with Crippen LogP contribution in [0.15, 0.2) is 12.4 Å². The van der Waals surface area contributed by atoms with Gasteiger partial charge in [-0.15, -0.1) is 0 Å². The molecule has 1 aromatic rings. The van der Waals surface area contributed by atoms with Gasteiger partial charge in [0.25, 0.3) is 5.91 Å². The van der Waals surface area contributed by atoms with E-state index < -0.39 is 11.7 Å². The molecule has 1 saturated carbocycles. The summed E-state index contributed by atoms with van der Waals surface area (Å²) in [6, 6.07) is 0. The highest BCUT2D eigenvalue weighted by atomic mass is 19.1. The number of halogens is 1. The number of amides is 1. The molecule has 1 N–H and O–H groups in total. The van der Waals surface area contributed by atoms with E-state index in [0.29, 0.717) is 0 Å². The van der Waals surface area contributed by atoms with Crippen molar-refractivity contribution in [1.29, 1.82) is 0 Å². The zero-order valence-corrected chi connectivity index (χ0v) is 8.29. The van der Waals surface area contributed by atoms with Crippen molar-refractivity contribution in [1.82, 2.24) is 10.3 Å². The van der Waals surface area contributed by atoms with Crippen LogP contribution in [0.1, 0.15) is 23.2 Å². The van der Waals surface area contributed by atoms with Crippen LogP contribution in [0, 0.1) is 5.82 Å². The maximum Gasteiger partial charge on any atom is 0.257 e. The highest BCUT2D eigenvalue weighted by molar-refractivity contribution is 5.96. The van der Waals surface area contributed by atoms with Gasteiger partial charge < -0.3 is 10.1 Å². The summed E-state index contributed by atoms with van der Waals surface area (Å²) in [7, 11) is 1.45. The summed E-state index contributed by atoms with van der Waals surface area (Å²) in [5.41, 5.74) is -0.0700. The summed E-state index contributed by atoms with van der Waals surface area (Å²) in [5.74, 6) is -0.935. The Morgan fingerprint density at radius 3 is 2.93 bits per heavy atom. The number of pyridine rings is 1. The Morgan fingerprint density at radius 1 is 1.60 bits per heavy atom.